The van der Waals surface area contributed by atoms with Crippen molar-refractivity contribution in [3.63, 3.8) is 0 Å². The molecule has 0 saturated heterocycles. The lowest BCUT2D eigenvalue weighted by Gasteiger charge is -2.15. The summed E-state index contributed by atoms with van der Waals surface area (Å²) in [5.41, 5.74) is 0.394. The maximum atomic E-state index is 12.7. The molecule has 2 aromatic carbocycles. The van der Waals surface area contributed by atoms with Crippen molar-refractivity contribution in [2.75, 3.05) is 6.61 Å². The van der Waals surface area contributed by atoms with Crippen LogP contribution in [0.1, 0.15) is 13.3 Å². The van der Waals surface area contributed by atoms with Crippen molar-refractivity contribution in [1.82, 2.24) is 0 Å². The molecule has 0 heterocycles. The van der Waals surface area contributed by atoms with Gasteiger partial charge in [-0.05, 0) is 34.9 Å². The van der Waals surface area contributed by atoms with Crippen molar-refractivity contribution in [1.29, 1.82) is 0 Å². The lowest BCUT2D eigenvalue weighted by molar-refractivity contribution is 0.349. The van der Waals surface area contributed by atoms with Crippen LogP contribution in [0.5, 0.6) is 5.75 Å². The van der Waals surface area contributed by atoms with E-state index in [0.29, 0.717) is 17.7 Å². The zero-order valence-corrected chi connectivity index (χ0v) is 11.2. The minimum atomic E-state index is -4.96. The molecule has 0 fully saturated rings. The molecule has 0 bridgehead atoms. The van der Waals surface area contributed by atoms with E-state index < -0.39 is 12.4 Å². The Balaban J connectivity index is 2.25. The fourth-order valence-corrected chi connectivity index (χ4v) is 1.82. The molecule has 0 N–H and O–H groups in total. The van der Waals surface area contributed by atoms with E-state index in [1.54, 1.807) is 18.2 Å². The van der Waals surface area contributed by atoms with E-state index in [9.17, 15) is 12.9 Å². The van der Waals surface area contributed by atoms with Gasteiger partial charge in [0.1, 0.15) is 12.4 Å². The summed E-state index contributed by atoms with van der Waals surface area (Å²) in [6, 6.07) is 8.82. The molecule has 0 spiro atoms. The molecule has 5 heteroatoms. The van der Waals surface area contributed by atoms with Crippen LogP contribution in [0, 0.1) is 0 Å². The molecule has 20 heavy (non-hydrogen) atoms. The number of halogens is 3. The summed E-state index contributed by atoms with van der Waals surface area (Å²) < 4.78 is 43.6. The zero-order valence-electron chi connectivity index (χ0n) is 11.2. The van der Waals surface area contributed by atoms with Gasteiger partial charge in [0.2, 0.25) is 0 Å². The van der Waals surface area contributed by atoms with Gasteiger partial charge in [0.15, 0.2) is 0 Å². The maximum absolute atomic E-state index is 12.7. The largest absolute Gasteiger partial charge is 0.509 e. The van der Waals surface area contributed by atoms with Gasteiger partial charge in [0.25, 0.3) is 0 Å². The molecule has 106 valence electrons. The number of hydrogen-bond acceptors (Lipinski definition) is 1. The molecule has 0 aliphatic rings. The summed E-state index contributed by atoms with van der Waals surface area (Å²) in [5.74, 6) is 0.636. The van der Waals surface area contributed by atoms with E-state index in [1.165, 1.54) is 12.1 Å². The second-order valence-electron chi connectivity index (χ2n) is 4.74. The van der Waals surface area contributed by atoms with E-state index in [0.717, 1.165) is 23.4 Å². The first kappa shape index (κ1) is 14.5. The van der Waals surface area contributed by atoms with Gasteiger partial charge in [-0.15, -0.1) is 5.46 Å². The molecule has 0 unspecified atom stereocenters. The maximum Gasteiger partial charge on any atom is 0.509 e. The topological polar surface area (TPSA) is 9.23 Å². The summed E-state index contributed by atoms with van der Waals surface area (Å²) in [7, 11) is 0. The molecule has 0 aliphatic heterocycles. The smallest absolute Gasteiger partial charge is 0.489 e. The lowest BCUT2D eigenvalue weighted by Crippen LogP contribution is -2.33. The van der Waals surface area contributed by atoms with Crippen LogP contribution >= 0.6 is 0 Å². The SMILES string of the molecule is C=C(CC)COc1ccc2cc([B-](F)(F)F)ccc2c1. The van der Waals surface area contributed by atoms with Crippen LogP contribution in [0.3, 0.4) is 0 Å². The highest BCUT2D eigenvalue weighted by Crippen LogP contribution is 2.22. The zero-order chi connectivity index (χ0) is 14.8. The summed E-state index contributed by atoms with van der Waals surface area (Å²) in [4.78, 5) is 0. The summed E-state index contributed by atoms with van der Waals surface area (Å²) in [5, 5.41) is 1.29. The Morgan fingerprint density at radius 1 is 1.10 bits per heavy atom. The van der Waals surface area contributed by atoms with Crippen LogP contribution < -0.4 is 10.2 Å². The monoisotopic (exact) mass is 279 g/mol. The first-order valence-corrected chi connectivity index (χ1v) is 6.43. The number of fused-ring (bicyclic) bond motifs is 1. The minimum absolute atomic E-state index is 0.422. The van der Waals surface area contributed by atoms with E-state index in [-0.39, 0.29) is 0 Å². The molecule has 0 radical (unpaired) electrons. The van der Waals surface area contributed by atoms with Gasteiger partial charge in [0, 0.05) is 0 Å². The minimum Gasteiger partial charge on any atom is -0.489 e. The molecule has 0 atom stereocenters. The quantitative estimate of drug-likeness (QED) is 0.587. The Bertz CT molecular complexity index is 635. The standard InChI is InChI=1S/C15H15BF3O/c1-3-11(2)10-20-15-7-5-12-8-14(16(17,18)19)6-4-13(12)9-15/h4-9H,2-3,10H2,1H3/q-1. The first-order valence-electron chi connectivity index (χ1n) is 6.43. The van der Waals surface area contributed by atoms with Crippen LogP contribution in [-0.2, 0) is 0 Å². The van der Waals surface area contributed by atoms with E-state index in [4.69, 9.17) is 4.74 Å². The summed E-state index contributed by atoms with van der Waals surface area (Å²) in [6.07, 6.45) is 0.838. The van der Waals surface area contributed by atoms with Crippen LogP contribution in [0.15, 0.2) is 48.6 Å². The molecule has 0 aromatic heterocycles. The molecular weight excluding hydrogens is 264 g/mol. The van der Waals surface area contributed by atoms with E-state index >= 15 is 0 Å². The Morgan fingerprint density at radius 2 is 1.75 bits per heavy atom. The Labute approximate surface area is 116 Å². The number of rotatable bonds is 5. The lowest BCUT2D eigenvalue weighted by atomic mass is 9.79. The molecule has 0 amide bonds. The number of benzene rings is 2. The first-order chi connectivity index (χ1) is 9.40. The highest BCUT2D eigenvalue weighted by Gasteiger charge is 2.25. The number of hydrogen-bond donors (Lipinski definition) is 0. The number of ether oxygens (including phenoxy) is 1. The normalized spacial score (nSPS) is 11.6. The van der Waals surface area contributed by atoms with Crippen LogP contribution in [0.25, 0.3) is 10.8 Å². The Morgan fingerprint density at radius 3 is 2.40 bits per heavy atom. The molecule has 0 aliphatic carbocycles. The van der Waals surface area contributed by atoms with Gasteiger partial charge in [-0.2, -0.15) is 0 Å². The van der Waals surface area contributed by atoms with Gasteiger partial charge < -0.3 is 17.7 Å². The third kappa shape index (κ3) is 3.35. The summed E-state index contributed by atoms with van der Waals surface area (Å²) >= 11 is 0. The second kappa shape index (κ2) is 5.61. The average molecular weight is 279 g/mol. The third-order valence-corrected chi connectivity index (χ3v) is 3.16. The fourth-order valence-electron chi connectivity index (χ4n) is 1.82. The van der Waals surface area contributed by atoms with Crippen molar-refractivity contribution in [3.8, 4) is 5.75 Å². The van der Waals surface area contributed by atoms with Crippen molar-refractivity contribution in [3.05, 3.63) is 48.6 Å². The van der Waals surface area contributed by atoms with Crippen LogP contribution in [-0.4, -0.2) is 13.6 Å². The van der Waals surface area contributed by atoms with Gasteiger partial charge >= 0.3 is 6.98 Å². The van der Waals surface area contributed by atoms with Crippen molar-refractivity contribution >= 4 is 23.2 Å². The van der Waals surface area contributed by atoms with E-state index in [1.807, 2.05) is 6.92 Å². The average Bonchev–Trinajstić information content (AvgIpc) is 2.42. The third-order valence-electron chi connectivity index (χ3n) is 3.16. The van der Waals surface area contributed by atoms with Gasteiger partial charge in [0.05, 0.1) is 0 Å². The molecule has 1 nitrogen and oxygen atoms in total. The molecule has 0 saturated carbocycles. The van der Waals surface area contributed by atoms with Crippen LogP contribution in [0.4, 0.5) is 12.9 Å². The van der Waals surface area contributed by atoms with Crippen LogP contribution in [0.2, 0.25) is 0 Å². The highest BCUT2D eigenvalue weighted by molar-refractivity contribution is 6.73. The van der Waals surface area contributed by atoms with E-state index in [2.05, 4.69) is 6.58 Å². The predicted octanol–water partition coefficient (Wildman–Crippen LogP) is 4.24. The summed E-state index contributed by atoms with van der Waals surface area (Å²) in [6.45, 7) is 1.30. The molecule has 2 aromatic rings. The Kier molecular flexibility index (Phi) is 4.07. The Hall–Kier alpha value is -1.91. The van der Waals surface area contributed by atoms with Gasteiger partial charge in [-0.25, -0.2) is 0 Å². The fraction of sp³-hybridized carbons (Fsp3) is 0.200. The van der Waals surface area contributed by atoms with Gasteiger partial charge in [-0.3, -0.25) is 0 Å². The molecular formula is C15H15BF3O-. The van der Waals surface area contributed by atoms with Crippen molar-refractivity contribution in [2.24, 2.45) is 0 Å². The second-order valence-corrected chi connectivity index (χ2v) is 4.74. The molecule has 2 rings (SSSR count). The highest BCUT2D eigenvalue weighted by atomic mass is 19.4. The predicted molar refractivity (Wildman–Crippen MR) is 77.6 cm³/mol. The van der Waals surface area contributed by atoms with Crippen molar-refractivity contribution in [2.45, 2.75) is 13.3 Å². The van der Waals surface area contributed by atoms with Crippen molar-refractivity contribution < 1.29 is 17.7 Å². The van der Waals surface area contributed by atoms with Gasteiger partial charge in [-0.1, -0.05) is 37.8 Å².